The van der Waals surface area contributed by atoms with Crippen molar-refractivity contribution in [3.8, 4) is 65.0 Å². The molecule has 2 aliphatic carbocycles. The van der Waals surface area contributed by atoms with Gasteiger partial charge in [0.25, 0.3) is 0 Å². The van der Waals surface area contributed by atoms with Gasteiger partial charge in [-0.05, 0) is 99.5 Å². The summed E-state index contributed by atoms with van der Waals surface area (Å²) >= 11 is 5.75. The highest BCUT2D eigenvalue weighted by Gasteiger charge is 2.41. The highest BCUT2D eigenvalue weighted by Crippen LogP contribution is 2.59. The second-order valence-electron chi connectivity index (χ2n) is 16.0. The summed E-state index contributed by atoms with van der Waals surface area (Å²) < 4.78 is 70.5. The highest BCUT2D eigenvalue weighted by atomic mass is 32.1. The molecule has 2 aromatic carbocycles. The molecule has 0 saturated carbocycles. The Morgan fingerprint density at radius 2 is 0.859 bits per heavy atom. The lowest BCUT2D eigenvalue weighted by Crippen LogP contribution is -2.27. The number of ketones is 2. The molecule has 6 heterocycles. The fourth-order valence-electron chi connectivity index (χ4n) is 8.37. The molecule has 8 nitrogen and oxygen atoms in total. The van der Waals surface area contributed by atoms with E-state index in [9.17, 15) is 48.2 Å². The first-order chi connectivity index (χ1) is 30.5. The van der Waals surface area contributed by atoms with Crippen LogP contribution in [0, 0.1) is 68.6 Å². The van der Waals surface area contributed by atoms with Crippen LogP contribution in [0.15, 0.2) is 70.8 Å². The van der Waals surface area contributed by atoms with Crippen molar-refractivity contribution in [1.29, 1.82) is 21.0 Å². The van der Waals surface area contributed by atoms with Gasteiger partial charge in [-0.3, -0.25) is 9.59 Å². The average molecular weight is 923 g/mol. The van der Waals surface area contributed by atoms with Gasteiger partial charge in [0.1, 0.15) is 58.1 Å². The van der Waals surface area contributed by atoms with E-state index >= 15 is 0 Å². The average Bonchev–Trinajstić information content (AvgIpc) is 4.10. The first kappa shape index (κ1) is 40.9. The van der Waals surface area contributed by atoms with Gasteiger partial charge in [-0.25, -0.2) is 17.6 Å². The number of hydrogen-bond acceptors (Lipinski definition) is 12. The molecule has 0 fully saturated rings. The maximum absolute atomic E-state index is 14.4. The summed E-state index contributed by atoms with van der Waals surface area (Å²) in [5.41, 5.74) is -1.16. The summed E-state index contributed by atoms with van der Waals surface area (Å²) in [5, 5.41) is 39.1. The van der Waals surface area contributed by atoms with Crippen molar-refractivity contribution in [3.05, 3.63) is 137 Å². The molecular formula is C48H22F4N4O4S4. The van der Waals surface area contributed by atoms with Crippen LogP contribution in [-0.2, 0) is 11.2 Å². The second-order valence-corrected chi connectivity index (χ2v) is 20.2. The van der Waals surface area contributed by atoms with Gasteiger partial charge in [-0.1, -0.05) is 0 Å². The number of halogens is 4. The van der Waals surface area contributed by atoms with Crippen LogP contribution < -0.4 is 9.47 Å². The number of carbonyl (C=O) groups excluding carboxylic acids is 2. The smallest absolute Gasteiger partial charge is 0.194 e. The maximum Gasteiger partial charge on any atom is 0.194 e. The van der Waals surface area contributed by atoms with Crippen LogP contribution >= 0.6 is 45.3 Å². The molecule has 0 N–H and O–H groups in total. The Labute approximate surface area is 377 Å². The molecule has 0 spiro atoms. The van der Waals surface area contributed by atoms with Crippen molar-refractivity contribution >= 4 is 80.2 Å². The van der Waals surface area contributed by atoms with E-state index in [-0.39, 0.29) is 44.5 Å². The molecule has 6 aromatic rings. The van der Waals surface area contributed by atoms with Crippen molar-refractivity contribution in [2.45, 2.75) is 38.9 Å². The Balaban J connectivity index is 1.04. The highest BCUT2D eigenvalue weighted by molar-refractivity contribution is 7.29. The number of ether oxygens (including phenoxy) is 2. The van der Waals surface area contributed by atoms with E-state index < -0.39 is 57.2 Å². The van der Waals surface area contributed by atoms with E-state index in [0.717, 1.165) is 64.7 Å². The Morgan fingerprint density at radius 3 is 1.20 bits per heavy atom. The van der Waals surface area contributed by atoms with Gasteiger partial charge in [0.15, 0.2) is 34.8 Å². The van der Waals surface area contributed by atoms with Crippen LogP contribution in [0.2, 0.25) is 0 Å². The molecule has 0 unspecified atom stereocenters. The topological polar surface area (TPSA) is 148 Å². The molecule has 16 heteroatoms. The first-order valence-corrected chi connectivity index (χ1v) is 22.3. The molecule has 0 amide bonds. The summed E-state index contributed by atoms with van der Waals surface area (Å²) in [6.45, 7) is 7.76. The van der Waals surface area contributed by atoms with E-state index in [1.165, 1.54) is 34.8 Å². The van der Waals surface area contributed by atoms with E-state index in [0.29, 0.717) is 21.3 Å². The molecule has 64 heavy (non-hydrogen) atoms. The molecule has 0 saturated heterocycles. The minimum atomic E-state index is -1.23. The van der Waals surface area contributed by atoms with Crippen molar-refractivity contribution in [2.24, 2.45) is 0 Å². The van der Waals surface area contributed by atoms with Crippen molar-refractivity contribution in [1.82, 2.24) is 0 Å². The first-order valence-electron chi connectivity index (χ1n) is 19.0. The zero-order valence-electron chi connectivity index (χ0n) is 33.3. The van der Waals surface area contributed by atoms with Crippen molar-refractivity contribution < 1.29 is 36.6 Å². The van der Waals surface area contributed by atoms with Crippen LogP contribution in [0.1, 0.15) is 80.4 Å². The number of allylic oxidation sites excluding steroid dienone is 6. The van der Waals surface area contributed by atoms with Gasteiger partial charge in [0.2, 0.25) is 0 Å². The molecule has 4 aromatic heterocycles. The Hall–Kier alpha value is -7.18. The predicted octanol–water partition coefficient (Wildman–Crippen LogP) is 12.9. The van der Waals surface area contributed by atoms with Gasteiger partial charge in [0, 0.05) is 64.1 Å². The van der Waals surface area contributed by atoms with E-state index in [4.69, 9.17) is 9.47 Å². The summed E-state index contributed by atoms with van der Waals surface area (Å²) in [6, 6.07) is 18.0. The molecule has 310 valence electrons. The van der Waals surface area contributed by atoms with Crippen molar-refractivity contribution in [3.63, 3.8) is 0 Å². The van der Waals surface area contributed by atoms with Crippen LogP contribution in [0.5, 0.6) is 11.5 Å². The Kier molecular flexibility index (Phi) is 9.05. The standard InChI is InChI=1S/C48H22F4N4O4S4/c1-47(2)29-13-37(63-43(29)45-35(59-47)7-21(61-45)5-27-39(19(15-53)16-54)23-9-31(49)33(51)11-25(23)41(27)57)38-14-30-44(64-38)46-36(60-48(30,3)4)8-22(62-46)6-28-40(20(17-55)18-56)24-10-32(50)34(52)12-26(24)42(28)58/h5-14H,1-4H3/b27-5-,28-6-. The number of nitrogens with zero attached hydrogens (tertiary/aromatic N) is 4. The lowest BCUT2D eigenvalue weighted by atomic mass is 9.94. The lowest BCUT2D eigenvalue weighted by Gasteiger charge is -2.31. The third kappa shape index (κ3) is 5.99. The third-order valence-electron chi connectivity index (χ3n) is 11.3. The zero-order chi connectivity index (χ0) is 45.3. The summed E-state index contributed by atoms with van der Waals surface area (Å²) in [4.78, 5) is 33.7. The molecule has 0 atom stereocenters. The van der Waals surface area contributed by atoms with Gasteiger partial charge in [-0.15, -0.1) is 45.3 Å². The number of hydrogen-bond donors (Lipinski definition) is 0. The summed E-state index contributed by atoms with van der Waals surface area (Å²) in [6.07, 6.45) is 3.02. The van der Waals surface area contributed by atoms with Crippen LogP contribution in [0.25, 0.3) is 52.6 Å². The SMILES string of the molecule is CC1(C)Oc2cc(/C=C3\C(=O)c4cc(F)c(F)cc4C3=C(C#N)C#N)sc2-c2sc(-c3cc4c(s3)-c3sc(/C=C5\C(=O)c6cc(F)c(F)cc6C5=C(C#N)C#N)cc3OC4(C)C)cc21. The number of carbonyl (C=O) groups is 2. The van der Waals surface area contributed by atoms with Crippen LogP contribution in [0.3, 0.4) is 0 Å². The molecule has 2 aliphatic heterocycles. The fourth-order valence-corrected chi connectivity index (χ4v) is 13.4. The number of Topliss-reactive ketones (excluding diaryl/α,β-unsaturated/α-hetero) is 2. The van der Waals surface area contributed by atoms with Gasteiger partial charge in [-0.2, -0.15) is 21.0 Å². The molecular weight excluding hydrogens is 901 g/mol. The minimum Gasteiger partial charge on any atom is -0.482 e. The number of rotatable bonds is 3. The third-order valence-corrected chi connectivity index (χ3v) is 16.2. The largest absolute Gasteiger partial charge is 0.482 e. The molecule has 0 bridgehead atoms. The molecule has 0 radical (unpaired) electrons. The maximum atomic E-state index is 14.4. The second kappa shape index (κ2) is 14.2. The molecule has 4 aliphatic rings. The van der Waals surface area contributed by atoms with E-state index in [2.05, 4.69) is 12.1 Å². The number of nitriles is 4. The Bertz CT molecular complexity index is 3280. The van der Waals surface area contributed by atoms with E-state index in [1.807, 2.05) is 27.7 Å². The van der Waals surface area contributed by atoms with E-state index in [1.54, 1.807) is 59.1 Å². The summed E-state index contributed by atoms with van der Waals surface area (Å²) in [7, 11) is 0. The fraction of sp³-hybridized carbons (Fsp3) is 0.125. The van der Waals surface area contributed by atoms with Crippen molar-refractivity contribution in [2.75, 3.05) is 0 Å². The van der Waals surface area contributed by atoms with Crippen LogP contribution in [-0.4, -0.2) is 11.6 Å². The lowest BCUT2D eigenvalue weighted by molar-refractivity contribution is 0.103. The minimum absolute atomic E-state index is 0.0334. The van der Waals surface area contributed by atoms with Gasteiger partial charge in [0.05, 0.1) is 19.5 Å². The quantitative estimate of drug-likeness (QED) is 0.0968. The number of fused-ring (bicyclic) bond motifs is 8. The Morgan fingerprint density at radius 1 is 0.516 bits per heavy atom. The molecule has 10 rings (SSSR count). The zero-order valence-corrected chi connectivity index (χ0v) is 36.6. The number of thiophene rings is 4. The normalized spacial score (nSPS) is 16.9. The summed E-state index contributed by atoms with van der Waals surface area (Å²) in [5.74, 6) is -5.08. The van der Waals surface area contributed by atoms with Crippen LogP contribution in [0.4, 0.5) is 17.6 Å². The van der Waals surface area contributed by atoms with Gasteiger partial charge >= 0.3 is 0 Å². The monoisotopic (exact) mass is 922 g/mol. The van der Waals surface area contributed by atoms with Gasteiger partial charge < -0.3 is 9.47 Å². The predicted molar refractivity (Wildman–Crippen MR) is 235 cm³/mol. The number of benzene rings is 2.